The van der Waals surface area contributed by atoms with Crippen LogP contribution in [0, 0.1) is 5.92 Å². The Kier molecular flexibility index (Phi) is 5.35. The number of carbonyl (C=O) groups is 2. The minimum Gasteiger partial charge on any atom is -0.463 e. The zero-order chi connectivity index (χ0) is 15.5. The first kappa shape index (κ1) is 16.7. The Hall–Kier alpha value is -1.35. The Balaban J connectivity index is 2.93. The van der Waals surface area contributed by atoms with Crippen LogP contribution in [0.4, 0.5) is 13.2 Å². The Morgan fingerprint density at radius 3 is 2.20 bits per heavy atom. The molecule has 20 heavy (non-hydrogen) atoms. The van der Waals surface area contributed by atoms with E-state index in [0.29, 0.717) is 0 Å². The molecule has 116 valence electrons. The number of methoxy groups -OCH3 is 1. The highest BCUT2D eigenvalue weighted by atomic mass is 19.4. The normalized spacial score (nSPS) is 30.1. The van der Waals surface area contributed by atoms with Crippen LogP contribution < -0.4 is 0 Å². The molecule has 0 N–H and O–H groups in total. The standard InChI is InChI=1S/C11H15F3O6/c1-5(15)18-4-7-9(19-6(2)16)8(11(12,13)14)10(17-3)20-7/h7-10H,4H2,1-3H3/t7-,8+,9-,10+/m1/s1. The van der Waals surface area contributed by atoms with Crippen molar-refractivity contribution in [1.82, 2.24) is 0 Å². The van der Waals surface area contributed by atoms with Crippen molar-refractivity contribution in [2.24, 2.45) is 5.92 Å². The van der Waals surface area contributed by atoms with Crippen molar-refractivity contribution in [2.75, 3.05) is 13.7 Å². The molecule has 0 unspecified atom stereocenters. The van der Waals surface area contributed by atoms with Gasteiger partial charge in [0.1, 0.15) is 24.7 Å². The van der Waals surface area contributed by atoms with E-state index in [2.05, 4.69) is 14.2 Å². The lowest BCUT2D eigenvalue weighted by Gasteiger charge is -2.24. The van der Waals surface area contributed by atoms with Crippen LogP contribution in [0.3, 0.4) is 0 Å². The summed E-state index contributed by atoms with van der Waals surface area (Å²) in [6, 6.07) is 0. The SMILES string of the molecule is CO[C@H]1O[C@H](COC(C)=O)[C@@H](OC(C)=O)[C@@H]1C(F)(F)F. The molecule has 9 heteroatoms. The fourth-order valence-electron chi connectivity index (χ4n) is 1.94. The van der Waals surface area contributed by atoms with Crippen molar-refractivity contribution >= 4 is 11.9 Å². The number of halogens is 3. The van der Waals surface area contributed by atoms with Gasteiger partial charge in [0, 0.05) is 21.0 Å². The lowest BCUT2D eigenvalue weighted by molar-refractivity contribution is -0.241. The van der Waals surface area contributed by atoms with Gasteiger partial charge in [-0.2, -0.15) is 13.2 Å². The van der Waals surface area contributed by atoms with Gasteiger partial charge in [-0.05, 0) is 0 Å². The van der Waals surface area contributed by atoms with E-state index < -0.39 is 49.1 Å². The third-order valence-corrected chi connectivity index (χ3v) is 2.69. The molecule has 1 rings (SSSR count). The Morgan fingerprint density at radius 2 is 1.80 bits per heavy atom. The first-order valence-corrected chi connectivity index (χ1v) is 5.72. The van der Waals surface area contributed by atoms with E-state index in [1.54, 1.807) is 0 Å². The quantitative estimate of drug-likeness (QED) is 0.722. The zero-order valence-electron chi connectivity index (χ0n) is 11.1. The number of hydrogen-bond acceptors (Lipinski definition) is 6. The molecule has 1 heterocycles. The molecule has 0 aromatic heterocycles. The summed E-state index contributed by atoms with van der Waals surface area (Å²) < 4.78 is 58.0. The van der Waals surface area contributed by atoms with Crippen molar-refractivity contribution in [1.29, 1.82) is 0 Å². The van der Waals surface area contributed by atoms with Crippen molar-refractivity contribution in [2.45, 2.75) is 38.5 Å². The number of esters is 2. The van der Waals surface area contributed by atoms with Gasteiger partial charge in [0.05, 0.1) is 0 Å². The van der Waals surface area contributed by atoms with E-state index in [-0.39, 0.29) is 0 Å². The van der Waals surface area contributed by atoms with Gasteiger partial charge in [-0.15, -0.1) is 0 Å². The van der Waals surface area contributed by atoms with Crippen LogP contribution in [0.15, 0.2) is 0 Å². The molecule has 0 saturated carbocycles. The Labute approximate surface area is 113 Å². The van der Waals surface area contributed by atoms with Gasteiger partial charge >= 0.3 is 18.1 Å². The molecule has 0 radical (unpaired) electrons. The summed E-state index contributed by atoms with van der Waals surface area (Å²) in [5, 5.41) is 0. The predicted octanol–water partition coefficient (Wildman–Crippen LogP) is 1.03. The fourth-order valence-corrected chi connectivity index (χ4v) is 1.94. The molecule has 1 saturated heterocycles. The Morgan fingerprint density at radius 1 is 1.20 bits per heavy atom. The van der Waals surface area contributed by atoms with Crippen LogP contribution in [0.2, 0.25) is 0 Å². The molecule has 4 atom stereocenters. The van der Waals surface area contributed by atoms with E-state index in [1.807, 2.05) is 0 Å². The van der Waals surface area contributed by atoms with E-state index >= 15 is 0 Å². The van der Waals surface area contributed by atoms with Gasteiger partial charge in [-0.3, -0.25) is 9.59 Å². The van der Waals surface area contributed by atoms with Crippen molar-refractivity contribution in [3.63, 3.8) is 0 Å². The van der Waals surface area contributed by atoms with Gasteiger partial charge < -0.3 is 18.9 Å². The van der Waals surface area contributed by atoms with E-state index in [4.69, 9.17) is 4.74 Å². The van der Waals surface area contributed by atoms with Crippen molar-refractivity contribution in [3.8, 4) is 0 Å². The molecule has 0 amide bonds. The molecule has 1 aliphatic rings. The third kappa shape index (κ3) is 4.07. The van der Waals surface area contributed by atoms with Gasteiger partial charge in [-0.25, -0.2) is 0 Å². The van der Waals surface area contributed by atoms with Crippen LogP contribution in [0.25, 0.3) is 0 Å². The Bertz CT molecular complexity index is 370. The van der Waals surface area contributed by atoms with Crippen molar-refractivity contribution in [3.05, 3.63) is 0 Å². The topological polar surface area (TPSA) is 71.1 Å². The van der Waals surface area contributed by atoms with Crippen LogP contribution in [0.5, 0.6) is 0 Å². The monoisotopic (exact) mass is 300 g/mol. The predicted molar refractivity (Wildman–Crippen MR) is 57.4 cm³/mol. The summed E-state index contributed by atoms with van der Waals surface area (Å²) in [5.41, 5.74) is 0. The summed E-state index contributed by atoms with van der Waals surface area (Å²) in [5.74, 6) is -3.71. The molecule has 6 nitrogen and oxygen atoms in total. The first-order chi connectivity index (χ1) is 9.16. The molecule has 1 fully saturated rings. The molecule has 0 aromatic carbocycles. The fraction of sp³-hybridized carbons (Fsp3) is 0.818. The van der Waals surface area contributed by atoms with Crippen molar-refractivity contribution < 1.29 is 41.7 Å². The second-order valence-corrected chi connectivity index (χ2v) is 4.22. The molecule has 0 bridgehead atoms. The van der Waals surface area contributed by atoms with Crippen LogP contribution in [-0.2, 0) is 28.5 Å². The minimum atomic E-state index is -4.69. The molecular formula is C11H15F3O6. The van der Waals surface area contributed by atoms with E-state index in [9.17, 15) is 22.8 Å². The summed E-state index contributed by atoms with van der Waals surface area (Å²) in [7, 11) is 1.04. The van der Waals surface area contributed by atoms with Gasteiger partial charge in [0.2, 0.25) is 0 Å². The molecular weight excluding hydrogens is 285 g/mol. The number of hydrogen-bond donors (Lipinski definition) is 0. The highest BCUT2D eigenvalue weighted by Crippen LogP contribution is 2.41. The van der Waals surface area contributed by atoms with Gasteiger partial charge in [0.25, 0.3) is 0 Å². The maximum atomic E-state index is 13.0. The third-order valence-electron chi connectivity index (χ3n) is 2.69. The first-order valence-electron chi connectivity index (χ1n) is 5.72. The highest BCUT2D eigenvalue weighted by Gasteiger charge is 2.60. The average molecular weight is 300 g/mol. The second kappa shape index (κ2) is 6.40. The second-order valence-electron chi connectivity index (χ2n) is 4.22. The molecule has 1 aliphatic heterocycles. The van der Waals surface area contributed by atoms with Gasteiger partial charge in [-0.1, -0.05) is 0 Å². The van der Waals surface area contributed by atoms with Crippen LogP contribution in [-0.4, -0.2) is 50.3 Å². The number of ether oxygens (including phenoxy) is 4. The largest absolute Gasteiger partial charge is 0.463 e. The minimum absolute atomic E-state index is 0.459. The summed E-state index contributed by atoms with van der Waals surface area (Å²) in [6.45, 7) is 1.63. The summed E-state index contributed by atoms with van der Waals surface area (Å²) in [6.07, 6.45) is -9.18. The smallest absolute Gasteiger partial charge is 0.400 e. The molecule has 0 aliphatic carbocycles. The lowest BCUT2D eigenvalue weighted by Crippen LogP contribution is -2.43. The number of carbonyl (C=O) groups excluding carboxylic acids is 2. The average Bonchev–Trinajstić information content (AvgIpc) is 2.63. The lowest BCUT2D eigenvalue weighted by atomic mass is 10.00. The summed E-state index contributed by atoms with van der Waals surface area (Å²) in [4.78, 5) is 21.7. The maximum absolute atomic E-state index is 13.0. The van der Waals surface area contributed by atoms with E-state index in [0.717, 1.165) is 21.0 Å². The summed E-state index contributed by atoms with van der Waals surface area (Å²) >= 11 is 0. The zero-order valence-corrected chi connectivity index (χ0v) is 11.1. The maximum Gasteiger partial charge on any atom is 0.400 e. The van der Waals surface area contributed by atoms with E-state index in [1.165, 1.54) is 0 Å². The van der Waals surface area contributed by atoms with Crippen LogP contribution >= 0.6 is 0 Å². The number of rotatable bonds is 4. The molecule has 0 spiro atoms. The van der Waals surface area contributed by atoms with Gasteiger partial charge in [0.15, 0.2) is 6.29 Å². The molecule has 0 aromatic rings. The highest BCUT2D eigenvalue weighted by molar-refractivity contribution is 5.66. The van der Waals surface area contributed by atoms with Crippen LogP contribution in [0.1, 0.15) is 13.8 Å². The number of alkyl halides is 3.